The zero-order valence-electron chi connectivity index (χ0n) is 14.0. The van der Waals surface area contributed by atoms with Crippen molar-refractivity contribution < 1.29 is 18.0 Å². The first-order valence-corrected chi connectivity index (χ1v) is 10.1. The second kappa shape index (κ2) is 7.53. The maximum Gasteiger partial charge on any atom is 0.313 e. The Morgan fingerprint density at radius 3 is 2.24 bits per heavy atom. The first-order valence-electron chi connectivity index (χ1n) is 8.60. The molecular weight excluding hydrogens is 342 g/mol. The van der Waals surface area contributed by atoms with Gasteiger partial charge in [0.25, 0.3) is 0 Å². The molecule has 0 spiro atoms. The van der Waals surface area contributed by atoms with Gasteiger partial charge in [0.05, 0.1) is 5.25 Å². The predicted octanol–water partition coefficient (Wildman–Crippen LogP) is 0.946. The van der Waals surface area contributed by atoms with Crippen molar-refractivity contribution in [2.75, 3.05) is 25.0 Å². The Hall–Kier alpha value is -1.93. The van der Waals surface area contributed by atoms with Crippen LogP contribution in [0.2, 0.25) is 0 Å². The Kier molecular flexibility index (Phi) is 5.39. The van der Waals surface area contributed by atoms with E-state index in [4.69, 9.17) is 0 Å². The lowest BCUT2D eigenvalue weighted by Gasteiger charge is -2.31. The molecule has 1 heterocycles. The summed E-state index contributed by atoms with van der Waals surface area (Å²) in [5.74, 6) is -1.17. The SMILES string of the molecule is O=C(NCC1CCN(S(=O)(=O)C2CC2)CC1)C(=O)Nc1ccccc1. The summed E-state index contributed by atoms with van der Waals surface area (Å²) in [7, 11) is -3.11. The van der Waals surface area contributed by atoms with Crippen LogP contribution in [0.4, 0.5) is 5.69 Å². The van der Waals surface area contributed by atoms with Gasteiger partial charge < -0.3 is 10.6 Å². The molecule has 2 amide bonds. The minimum absolute atomic E-state index is 0.176. The van der Waals surface area contributed by atoms with Gasteiger partial charge in [0.1, 0.15) is 0 Å². The van der Waals surface area contributed by atoms with Crippen LogP contribution in [0.5, 0.6) is 0 Å². The number of hydrogen-bond donors (Lipinski definition) is 2. The molecule has 2 fully saturated rings. The van der Waals surface area contributed by atoms with E-state index >= 15 is 0 Å². The largest absolute Gasteiger partial charge is 0.348 e. The number of hydrogen-bond acceptors (Lipinski definition) is 4. The van der Waals surface area contributed by atoms with Crippen molar-refractivity contribution in [2.24, 2.45) is 5.92 Å². The maximum absolute atomic E-state index is 12.2. The highest BCUT2D eigenvalue weighted by Crippen LogP contribution is 2.32. The lowest BCUT2D eigenvalue weighted by Crippen LogP contribution is -2.44. The Balaban J connectivity index is 1.40. The van der Waals surface area contributed by atoms with Crippen molar-refractivity contribution in [3.05, 3.63) is 30.3 Å². The summed E-state index contributed by atoms with van der Waals surface area (Å²) in [6, 6.07) is 8.79. The molecule has 1 saturated carbocycles. The van der Waals surface area contributed by atoms with Gasteiger partial charge in [-0.3, -0.25) is 9.59 Å². The van der Waals surface area contributed by atoms with Crippen LogP contribution in [0.1, 0.15) is 25.7 Å². The molecule has 0 atom stereocenters. The Labute approximate surface area is 147 Å². The van der Waals surface area contributed by atoms with Crippen molar-refractivity contribution in [3.63, 3.8) is 0 Å². The second-order valence-electron chi connectivity index (χ2n) is 6.62. The van der Waals surface area contributed by atoms with Crippen LogP contribution < -0.4 is 10.6 Å². The van der Waals surface area contributed by atoms with Crippen molar-refractivity contribution in [1.29, 1.82) is 0 Å². The van der Waals surface area contributed by atoms with E-state index in [1.807, 2.05) is 6.07 Å². The molecule has 1 aliphatic carbocycles. The van der Waals surface area contributed by atoms with Gasteiger partial charge in [-0.1, -0.05) is 18.2 Å². The fourth-order valence-electron chi connectivity index (χ4n) is 2.97. The summed E-state index contributed by atoms with van der Waals surface area (Å²) in [6.45, 7) is 1.38. The molecule has 1 saturated heterocycles. The van der Waals surface area contributed by atoms with Crippen molar-refractivity contribution in [3.8, 4) is 0 Å². The quantitative estimate of drug-likeness (QED) is 0.759. The van der Waals surface area contributed by atoms with Gasteiger partial charge in [-0.15, -0.1) is 0 Å². The van der Waals surface area contributed by atoms with E-state index < -0.39 is 21.8 Å². The van der Waals surface area contributed by atoms with Gasteiger partial charge in [0.2, 0.25) is 10.0 Å². The number of benzene rings is 1. The Morgan fingerprint density at radius 2 is 1.64 bits per heavy atom. The molecule has 2 aliphatic rings. The molecule has 8 heteroatoms. The molecule has 1 aromatic carbocycles. The number of anilines is 1. The highest BCUT2D eigenvalue weighted by Gasteiger charge is 2.41. The van der Waals surface area contributed by atoms with E-state index in [2.05, 4.69) is 10.6 Å². The number of piperidine rings is 1. The third-order valence-corrected chi connectivity index (χ3v) is 7.07. The van der Waals surface area contributed by atoms with E-state index in [1.54, 1.807) is 28.6 Å². The van der Waals surface area contributed by atoms with E-state index in [-0.39, 0.29) is 11.2 Å². The van der Waals surface area contributed by atoms with Crippen LogP contribution in [-0.2, 0) is 19.6 Å². The molecule has 25 heavy (non-hydrogen) atoms. The minimum atomic E-state index is -3.11. The lowest BCUT2D eigenvalue weighted by atomic mass is 9.98. The first kappa shape index (κ1) is 17.9. The van der Waals surface area contributed by atoms with Crippen LogP contribution in [0.25, 0.3) is 0 Å². The predicted molar refractivity (Wildman–Crippen MR) is 94.3 cm³/mol. The number of carbonyl (C=O) groups excluding carboxylic acids is 2. The molecule has 0 bridgehead atoms. The first-order chi connectivity index (χ1) is 12.0. The summed E-state index contributed by atoms with van der Waals surface area (Å²) in [6.07, 6.45) is 2.95. The average molecular weight is 365 g/mol. The summed E-state index contributed by atoms with van der Waals surface area (Å²) >= 11 is 0. The van der Waals surface area contributed by atoms with Crippen LogP contribution in [0, 0.1) is 5.92 Å². The standard InChI is InChI=1S/C17H23N3O4S/c21-16(17(22)19-14-4-2-1-3-5-14)18-12-13-8-10-20(11-9-13)25(23,24)15-6-7-15/h1-5,13,15H,6-12H2,(H,18,21)(H,19,22). The van der Waals surface area contributed by atoms with Gasteiger partial charge in [0.15, 0.2) is 0 Å². The van der Waals surface area contributed by atoms with Gasteiger partial charge in [-0.25, -0.2) is 12.7 Å². The van der Waals surface area contributed by atoms with Gasteiger partial charge >= 0.3 is 11.8 Å². The zero-order valence-corrected chi connectivity index (χ0v) is 14.8. The summed E-state index contributed by atoms with van der Waals surface area (Å²) in [4.78, 5) is 23.7. The summed E-state index contributed by atoms with van der Waals surface area (Å²) in [5, 5.41) is 5.00. The number of rotatable bonds is 5. The number of nitrogens with zero attached hydrogens (tertiary/aromatic N) is 1. The smallest absolute Gasteiger partial charge is 0.313 e. The molecular formula is C17H23N3O4S. The third kappa shape index (κ3) is 4.58. The maximum atomic E-state index is 12.2. The minimum Gasteiger partial charge on any atom is -0.348 e. The zero-order chi connectivity index (χ0) is 17.9. The van der Waals surface area contributed by atoms with Gasteiger partial charge in [-0.2, -0.15) is 0 Å². The Morgan fingerprint density at radius 1 is 1.00 bits per heavy atom. The average Bonchev–Trinajstić information content (AvgIpc) is 3.46. The summed E-state index contributed by atoms with van der Waals surface area (Å²) in [5.41, 5.74) is 0.571. The molecule has 7 nitrogen and oxygen atoms in total. The van der Waals surface area contributed by atoms with Crippen molar-refractivity contribution >= 4 is 27.5 Å². The second-order valence-corrected chi connectivity index (χ2v) is 8.83. The van der Waals surface area contributed by atoms with Crippen LogP contribution in [-0.4, -0.2) is 49.4 Å². The van der Waals surface area contributed by atoms with Crippen LogP contribution >= 0.6 is 0 Å². The monoisotopic (exact) mass is 365 g/mol. The van der Waals surface area contributed by atoms with Gasteiger partial charge in [0, 0.05) is 25.3 Å². The van der Waals surface area contributed by atoms with E-state index in [1.165, 1.54) is 0 Å². The van der Waals surface area contributed by atoms with E-state index in [9.17, 15) is 18.0 Å². The van der Waals surface area contributed by atoms with Crippen molar-refractivity contribution in [1.82, 2.24) is 9.62 Å². The van der Waals surface area contributed by atoms with E-state index in [0.717, 1.165) is 12.8 Å². The molecule has 0 unspecified atom stereocenters. The fourth-order valence-corrected chi connectivity index (χ4v) is 4.84. The fraction of sp³-hybridized carbons (Fsp3) is 0.529. The molecule has 1 aromatic rings. The van der Waals surface area contributed by atoms with Crippen molar-refractivity contribution in [2.45, 2.75) is 30.9 Å². The number of para-hydroxylation sites is 1. The van der Waals surface area contributed by atoms with Crippen LogP contribution in [0.15, 0.2) is 30.3 Å². The summed E-state index contributed by atoms with van der Waals surface area (Å²) < 4.78 is 25.9. The van der Waals surface area contributed by atoms with Crippen LogP contribution in [0.3, 0.4) is 0 Å². The normalized spacial score (nSPS) is 19.4. The highest BCUT2D eigenvalue weighted by molar-refractivity contribution is 7.90. The van der Waals surface area contributed by atoms with E-state index in [0.29, 0.717) is 38.2 Å². The van der Waals surface area contributed by atoms with Gasteiger partial charge in [-0.05, 0) is 43.7 Å². The molecule has 0 radical (unpaired) electrons. The number of nitrogens with one attached hydrogen (secondary N) is 2. The number of sulfonamides is 1. The third-order valence-electron chi connectivity index (χ3n) is 4.67. The lowest BCUT2D eigenvalue weighted by molar-refractivity contribution is -0.136. The highest BCUT2D eigenvalue weighted by atomic mass is 32.2. The molecule has 2 N–H and O–H groups in total. The molecule has 3 rings (SSSR count). The molecule has 136 valence electrons. The number of carbonyl (C=O) groups is 2. The topological polar surface area (TPSA) is 95.6 Å². The number of amides is 2. The molecule has 1 aliphatic heterocycles. The molecule has 0 aromatic heterocycles. The Bertz CT molecular complexity index is 724.